The number of nitrogens with zero attached hydrogens (tertiary/aromatic N) is 1. The van der Waals surface area contributed by atoms with E-state index in [1.807, 2.05) is 48.5 Å². The van der Waals surface area contributed by atoms with Crippen molar-refractivity contribution in [2.75, 3.05) is 26.2 Å². The summed E-state index contributed by atoms with van der Waals surface area (Å²) in [5.41, 5.74) is 8.03. The van der Waals surface area contributed by atoms with Crippen LogP contribution in [0.1, 0.15) is 119 Å². The summed E-state index contributed by atoms with van der Waals surface area (Å²) in [7, 11) is -2.17. The molecule has 368 valence electrons. The van der Waals surface area contributed by atoms with E-state index >= 15 is 0 Å². The van der Waals surface area contributed by atoms with E-state index in [2.05, 4.69) is 175 Å². The number of phenolic OH excluding ortho intramolecular Hbond substituents is 1. The Balaban J connectivity index is 1.02. The molecule has 0 spiro atoms. The molecule has 0 aliphatic rings. The summed E-state index contributed by atoms with van der Waals surface area (Å²) in [6, 6.07) is 53.1. The van der Waals surface area contributed by atoms with Crippen molar-refractivity contribution >= 4 is 8.32 Å². The van der Waals surface area contributed by atoms with Gasteiger partial charge in [0.2, 0.25) is 0 Å². The zero-order valence-corrected chi connectivity index (χ0v) is 44.0. The molecule has 0 bridgehead atoms. The van der Waals surface area contributed by atoms with Crippen molar-refractivity contribution in [2.45, 2.75) is 136 Å². The van der Waals surface area contributed by atoms with Crippen molar-refractivity contribution in [3.05, 3.63) is 191 Å². The number of benzene rings is 6. The van der Waals surface area contributed by atoms with E-state index in [0.717, 1.165) is 84.7 Å². The second kappa shape index (κ2) is 26.0. The van der Waals surface area contributed by atoms with Gasteiger partial charge in [-0.3, -0.25) is 4.90 Å². The molecule has 0 radical (unpaired) electrons. The molecule has 6 aromatic rings. The van der Waals surface area contributed by atoms with Gasteiger partial charge >= 0.3 is 0 Å². The minimum atomic E-state index is -2.17. The van der Waals surface area contributed by atoms with Crippen LogP contribution in [0.25, 0.3) is 0 Å². The highest BCUT2D eigenvalue weighted by Crippen LogP contribution is 2.41. The molecule has 8 heteroatoms. The van der Waals surface area contributed by atoms with Crippen LogP contribution in [0.2, 0.25) is 18.1 Å². The van der Waals surface area contributed by atoms with Crippen LogP contribution >= 0.6 is 0 Å². The molecule has 2 atom stereocenters. The minimum Gasteiger partial charge on any atom is -0.508 e. The number of hydrogen-bond donors (Lipinski definition) is 2. The molecule has 0 aromatic heterocycles. The van der Waals surface area contributed by atoms with Gasteiger partial charge in [-0.1, -0.05) is 136 Å². The van der Waals surface area contributed by atoms with Gasteiger partial charge in [0.25, 0.3) is 0 Å². The van der Waals surface area contributed by atoms with E-state index in [1.54, 1.807) is 0 Å². The predicted molar refractivity (Wildman–Crippen MR) is 288 cm³/mol. The Morgan fingerprint density at radius 1 is 0.580 bits per heavy atom. The fourth-order valence-corrected chi connectivity index (χ4v) is 9.93. The molecule has 0 aliphatic carbocycles. The molecule has 0 amide bonds. The van der Waals surface area contributed by atoms with Gasteiger partial charge in [0.15, 0.2) is 8.32 Å². The standard InChI is InChI=1S/C61H80N2O5Si/c1-46(2)63(47(3)4)37-35-57(52-26-17-12-18-27-52)58-39-49(30-33-59(58)64)21-19-20-38-65-54-31-28-48(29-32-54)34-36-62-43-60(68-69(8,9)61(5,6)7)53-40-55(66-44-50-22-13-10-14-23-50)42-56(41-53)67-45-51-24-15-11-16-25-51/h10-18,22-33,39-42,46-47,57,60,62,64H,19-21,34-38,43-45H2,1-9H3/t57-,60+/m1/s1. The average Bonchev–Trinajstić information content (AvgIpc) is 3.33. The van der Waals surface area contributed by atoms with Crippen molar-refractivity contribution in [3.63, 3.8) is 0 Å². The highest BCUT2D eigenvalue weighted by Gasteiger charge is 2.39. The summed E-state index contributed by atoms with van der Waals surface area (Å²) < 4.78 is 26.2. The van der Waals surface area contributed by atoms with Crippen LogP contribution in [0.3, 0.4) is 0 Å². The van der Waals surface area contributed by atoms with Crippen molar-refractivity contribution < 1.29 is 23.7 Å². The Morgan fingerprint density at radius 3 is 1.71 bits per heavy atom. The summed E-state index contributed by atoms with van der Waals surface area (Å²) in [5, 5.41) is 14.9. The van der Waals surface area contributed by atoms with Gasteiger partial charge in [-0.25, -0.2) is 0 Å². The molecule has 0 unspecified atom stereocenters. The van der Waals surface area contributed by atoms with E-state index in [0.29, 0.717) is 44.2 Å². The van der Waals surface area contributed by atoms with Gasteiger partial charge in [-0.05, 0) is 155 Å². The van der Waals surface area contributed by atoms with Crippen LogP contribution < -0.4 is 19.5 Å². The predicted octanol–water partition coefficient (Wildman–Crippen LogP) is 14.5. The number of aryl methyl sites for hydroxylation is 1. The Kier molecular flexibility index (Phi) is 20.0. The second-order valence-corrected chi connectivity index (χ2v) is 25.4. The van der Waals surface area contributed by atoms with E-state index in [-0.39, 0.29) is 17.1 Å². The van der Waals surface area contributed by atoms with Crippen LogP contribution in [-0.2, 0) is 30.5 Å². The first-order chi connectivity index (χ1) is 33.1. The molecule has 0 fully saturated rings. The van der Waals surface area contributed by atoms with E-state index in [4.69, 9.17) is 18.6 Å². The largest absolute Gasteiger partial charge is 0.508 e. The molecule has 6 rings (SSSR count). The summed E-state index contributed by atoms with van der Waals surface area (Å²) in [6.07, 6.45) is 4.52. The molecular weight excluding hydrogens is 869 g/mol. The Morgan fingerprint density at radius 2 is 1.14 bits per heavy atom. The smallest absolute Gasteiger partial charge is 0.192 e. The van der Waals surface area contributed by atoms with Gasteiger partial charge in [-0.15, -0.1) is 0 Å². The van der Waals surface area contributed by atoms with Crippen LogP contribution in [0, 0.1) is 0 Å². The van der Waals surface area contributed by atoms with E-state index in [1.165, 1.54) is 16.7 Å². The Bertz CT molecular complexity index is 2330. The lowest BCUT2D eigenvalue weighted by Crippen LogP contribution is -2.43. The van der Waals surface area contributed by atoms with Crippen LogP contribution in [-0.4, -0.2) is 56.6 Å². The number of hydrogen-bond acceptors (Lipinski definition) is 7. The Labute approximate surface area is 416 Å². The first-order valence-corrected chi connectivity index (χ1v) is 28.3. The zero-order chi connectivity index (χ0) is 49.2. The van der Waals surface area contributed by atoms with Gasteiger partial charge in [0.1, 0.15) is 36.2 Å². The summed E-state index contributed by atoms with van der Waals surface area (Å²) in [4.78, 5) is 2.54. The normalized spacial score (nSPS) is 12.9. The molecule has 69 heavy (non-hydrogen) atoms. The zero-order valence-electron chi connectivity index (χ0n) is 43.0. The first kappa shape index (κ1) is 53.0. The summed E-state index contributed by atoms with van der Waals surface area (Å²) >= 11 is 0. The number of phenols is 1. The van der Waals surface area contributed by atoms with Gasteiger partial charge in [0.05, 0.1) is 12.7 Å². The second-order valence-electron chi connectivity index (χ2n) is 20.6. The minimum absolute atomic E-state index is 0.0376. The molecule has 7 nitrogen and oxygen atoms in total. The van der Waals surface area contributed by atoms with Gasteiger partial charge in [0, 0.05) is 36.2 Å². The number of rotatable bonds is 27. The van der Waals surface area contributed by atoms with Crippen LogP contribution in [0.4, 0.5) is 0 Å². The van der Waals surface area contributed by atoms with Crippen LogP contribution in [0.5, 0.6) is 23.0 Å². The van der Waals surface area contributed by atoms with Crippen molar-refractivity contribution in [1.82, 2.24) is 10.2 Å². The molecule has 0 heterocycles. The SMILES string of the molecule is CC(C)N(CC[C@H](c1ccccc1)c1cc(CCCCOc2ccc(CCNC[C@H](O[Si](C)(C)C(C)(C)C)c3cc(OCc4ccccc4)cc(OCc4ccccc4)c3)cc2)ccc1O)C(C)C. The maximum atomic E-state index is 11.1. The molecule has 0 aliphatic heterocycles. The van der Waals surface area contributed by atoms with Crippen molar-refractivity contribution in [3.8, 4) is 23.0 Å². The van der Waals surface area contributed by atoms with E-state index < -0.39 is 8.32 Å². The number of ether oxygens (including phenoxy) is 3. The summed E-state index contributed by atoms with van der Waals surface area (Å²) in [5.74, 6) is 2.91. The average molecular weight is 949 g/mol. The lowest BCUT2D eigenvalue weighted by Gasteiger charge is -2.39. The summed E-state index contributed by atoms with van der Waals surface area (Å²) in [6.45, 7) is 24.6. The van der Waals surface area contributed by atoms with Gasteiger partial charge < -0.3 is 29.1 Å². The van der Waals surface area contributed by atoms with Crippen LogP contribution in [0.15, 0.2) is 152 Å². The van der Waals surface area contributed by atoms with Gasteiger partial charge in [-0.2, -0.15) is 0 Å². The third kappa shape index (κ3) is 16.6. The monoisotopic (exact) mass is 949 g/mol. The molecule has 0 saturated heterocycles. The van der Waals surface area contributed by atoms with E-state index in [9.17, 15) is 5.11 Å². The number of unbranched alkanes of at least 4 members (excludes halogenated alkanes) is 1. The Hall–Kier alpha value is -5.38. The molecule has 0 saturated carbocycles. The highest BCUT2D eigenvalue weighted by atomic mass is 28.4. The first-order valence-electron chi connectivity index (χ1n) is 25.4. The third-order valence-electron chi connectivity index (χ3n) is 13.7. The quantitative estimate of drug-likeness (QED) is 0.0394. The maximum Gasteiger partial charge on any atom is 0.192 e. The number of aromatic hydroxyl groups is 1. The topological polar surface area (TPSA) is 72.4 Å². The van der Waals surface area contributed by atoms with Crippen molar-refractivity contribution in [1.29, 1.82) is 0 Å². The molecule has 6 aromatic carbocycles. The molecule has 2 N–H and O–H groups in total. The fourth-order valence-electron chi connectivity index (χ4n) is 8.64. The third-order valence-corrected chi connectivity index (χ3v) is 18.1. The van der Waals surface area contributed by atoms with Crippen molar-refractivity contribution in [2.24, 2.45) is 0 Å². The fraction of sp³-hybridized carbons (Fsp3) is 0.410. The maximum absolute atomic E-state index is 11.1. The number of nitrogens with one attached hydrogen (secondary N) is 1. The molecular formula is C61H80N2O5Si. The lowest BCUT2D eigenvalue weighted by molar-refractivity contribution is 0.170. The lowest BCUT2D eigenvalue weighted by atomic mass is 9.86. The highest BCUT2D eigenvalue weighted by molar-refractivity contribution is 6.74.